The lowest BCUT2D eigenvalue weighted by Crippen LogP contribution is -2.55. The monoisotopic (exact) mass is 593 g/mol. The van der Waals surface area contributed by atoms with Gasteiger partial charge in [0.15, 0.2) is 0 Å². The summed E-state index contributed by atoms with van der Waals surface area (Å²) in [5.74, 6) is -1.44. The van der Waals surface area contributed by atoms with Gasteiger partial charge in [0.1, 0.15) is 5.75 Å². The standard InChI is InChI=1S/C33H34F3N3O4/c1-37-17-22-11-12-23(18-37)39(22)31(40)21-14-26-24(8-5-9-28(26)43-33(34,35)36)30-29(19-6-3-2-4-7-19)25-13-10-20(32(41)42)15-27(25)38(30)16-21/h5,8-10,13-15,19,22-23H,2-4,6-7,11-12,16-18H2,1H3,(H,41,42). The maximum atomic E-state index is 14.4. The predicted molar refractivity (Wildman–Crippen MR) is 156 cm³/mol. The highest BCUT2D eigenvalue weighted by Gasteiger charge is 2.43. The Morgan fingerprint density at radius 1 is 0.977 bits per heavy atom. The number of likely N-dealkylation sites (tertiary alicyclic amines) is 1. The van der Waals surface area contributed by atoms with Crippen molar-refractivity contribution >= 4 is 28.9 Å². The molecular weight excluding hydrogens is 559 g/mol. The smallest absolute Gasteiger partial charge is 0.478 e. The number of likely N-dealkylation sites (N-methyl/N-ethyl adjacent to an activating group) is 1. The number of halogens is 3. The number of amides is 1. The summed E-state index contributed by atoms with van der Waals surface area (Å²) < 4.78 is 47.6. The van der Waals surface area contributed by atoms with Crippen molar-refractivity contribution in [1.29, 1.82) is 0 Å². The van der Waals surface area contributed by atoms with Crippen LogP contribution in [-0.2, 0) is 11.3 Å². The van der Waals surface area contributed by atoms with E-state index in [-0.39, 0.29) is 47.3 Å². The van der Waals surface area contributed by atoms with Crippen LogP contribution in [0, 0.1) is 0 Å². The van der Waals surface area contributed by atoms with Crippen molar-refractivity contribution in [3.63, 3.8) is 0 Å². The van der Waals surface area contributed by atoms with Gasteiger partial charge in [0.05, 0.1) is 17.8 Å². The molecule has 2 bridgehead atoms. The first kappa shape index (κ1) is 28.0. The van der Waals surface area contributed by atoms with Gasteiger partial charge in [0.2, 0.25) is 0 Å². The van der Waals surface area contributed by atoms with Crippen LogP contribution < -0.4 is 4.74 Å². The van der Waals surface area contributed by atoms with E-state index in [9.17, 15) is 27.9 Å². The van der Waals surface area contributed by atoms with Crippen molar-refractivity contribution in [1.82, 2.24) is 14.4 Å². The SMILES string of the molecule is CN1CC2CCC(C1)N2C(=O)C1=Cc2c(OC(F)(F)F)cccc2-c2c(C3CCCCC3)c3ccc(C(=O)O)cc3n2C1. The molecule has 0 spiro atoms. The van der Waals surface area contributed by atoms with E-state index >= 15 is 0 Å². The zero-order valence-corrected chi connectivity index (χ0v) is 24.0. The Morgan fingerprint density at radius 2 is 1.70 bits per heavy atom. The molecule has 3 aromatic rings. The Labute approximate surface area is 247 Å². The molecule has 1 aliphatic carbocycles. The van der Waals surface area contributed by atoms with Crippen LogP contribution in [0.25, 0.3) is 28.2 Å². The summed E-state index contributed by atoms with van der Waals surface area (Å²) in [5.41, 5.74) is 3.70. The number of carboxylic acid groups (broad SMARTS) is 1. The molecule has 2 aromatic carbocycles. The van der Waals surface area contributed by atoms with Gasteiger partial charge >= 0.3 is 12.3 Å². The van der Waals surface area contributed by atoms with Gasteiger partial charge in [-0.05, 0) is 68.5 Å². The second-order valence-corrected chi connectivity index (χ2v) is 12.5. The molecule has 2 unspecified atom stereocenters. The minimum Gasteiger partial charge on any atom is -0.478 e. The first-order chi connectivity index (χ1) is 20.6. The van der Waals surface area contributed by atoms with E-state index < -0.39 is 12.3 Å². The van der Waals surface area contributed by atoms with Crippen molar-refractivity contribution in [2.75, 3.05) is 20.1 Å². The number of alkyl halides is 3. The van der Waals surface area contributed by atoms with Gasteiger partial charge in [-0.3, -0.25) is 4.79 Å². The van der Waals surface area contributed by atoms with Gasteiger partial charge in [-0.1, -0.05) is 37.5 Å². The molecule has 2 atom stereocenters. The summed E-state index contributed by atoms with van der Waals surface area (Å²) in [5, 5.41) is 10.7. The molecule has 3 aliphatic heterocycles. The molecule has 4 aliphatic rings. The number of aromatic nitrogens is 1. The van der Waals surface area contributed by atoms with Crippen molar-refractivity contribution in [2.45, 2.75) is 75.9 Å². The summed E-state index contributed by atoms with van der Waals surface area (Å²) >= 11 is 0. The van der Waals surface area contributed by atoms with Gasteiger partial charge in [0, 0.05) is 52.8 Å². The number of hydrogen-bond donors (Lipinski definition) is 1. The Bertz CT molecular complexity index is 1640. The van der Waals surface area contributed by atoms with Crippen molar-refractivity contribution in [3.05, 3.63) is 58.7 Å². The molecule has 43 heavy (non-hydrogen) atoms. The van der Waals surface area contributed by atoms with Crippen LogP contribution >= 0.6 is 0 Å². The summed E-state index contributed by atoms with van der Waals surface area (Å²) in [7, 11) is 2.04. The topological polar surface area (TPSA) is 75.0 Å². The molecule has 7 nitrogen and oxygen atoms in total. The highest BCUT2D eigenvalue weighted by molar-refractivity contribution is 6.04. The summed E-state index contributed by atoms with van der Waals surface area (Å²) in [4.78, 5) is 30.6. The zero-order valence-electron chi connectivity index (χ0n) is 24.0. The molecule has 1 N–H and O–H groups in total. The molecule has 0 radical (unpaired) electrons. The van der Waals surface area contributed by atoms with Gasteiger partial charge in [-0.2, -0.15) is 0 Å². The molecule has 7 rings (SSSR count). The lowest BCUT2D eigenvalue weighted by molar-refractivity contribution is -0.274. The third-order valence-corrected chi connectivity index (χ3v) is 9.73. The van der Waals surface area contributed by atoms with Crippen LogP contribution in [0.4, 0.5) is 13.2 Å². The van der Waals surface area contributed by atoms with E-state index in [0.29, 0.717) is 16.7 Å². The summed E-state index contributed by atoms with van der Waals surface area (Å²) in [6.45, 7) is 1.62. The fourth-order valence-corrected chi connectivity index (χ4v) is 8.01. The third kappa shape index (κ3) is 4.89. The Hall–Kier alpha value is -3.79. The van der Waals surface area contributed by atoms with Crippen LogP contribution in [-0.4, -0.2) is 69.9 Å². The summed E-state index contributed by atoms with van der Waals surface area (Å²) in [6.07, 6.45) is 3.53. The molecule has 226 valence electrons. The van der Waals surface area contributed by atoms with E-state index in [1.807, 2.05) is 22.6 Å². The van der Waals surface area contributed by atoms with E-state index in [1.54, 1.807) is 30.3 Å². The molecule has 2 saturated heterocycles. The third-order valence-electron chi connectivity index (χ3n) is 9.73. The number of carboxylic acids is 1. The largest absolute Gasteiger partial charge is 0.573 e. The van der Waals surface area contributed by atoms with Crippen molar-refractivity contribution < 1.29 is 32.6 Å². The number of ether oxygens (including phenoxy) is 1. The van der Waals surface area contributed by atoms with Crippen molar-refractivity contribution in [3.8, 4) is 17.0 Å². The number of benzene rings is 2. The van der Waals surface area contributed by atoms with E-state index in [2.05, 4.69) is 9.64 Å². The van der Waals surface area contributed by atoms with Crippen molar-refractivity contribution in [2.24, 2.45) is 0 Å². The lowest BCUT2D eigenvalue weighted by Gasteiger charge is -2.40. The van der Waals surface area contributed by atoms with E-state index in [4.69, 9.17) is 0 Å². The summed E-state index contributed by atoms with van der Waals surface area (Å²) in [6, 6.07) is 9.77. The lowest BCUT2D eigenvalue weighted by atomic mass is 9.81. The van der Waals surface area contributed by atoms with E-state index in [0.717, 1.165) is 74.7 Å². The number of aromatic carboxylic acids is 1. The number of piperazine rings is 1. The Morgan fingerprint density at radius 3 is 2.37 bits per heavy atom. The molecule has 10 heteroatoms. The average Bonchev–Trinajstić information content (AvgIpc) is 3.35. The van der Waals surface area contributed by atoms with Crippen LogP contribution in [0.1, 0.15) is 72.3 Å². The van der Waals surface area contributed by atoms with E-state index in [1.165, 1.54) is 6.07 Å². The number of rotatable bonds is 4. The predicted octanol–water partition coefficient (Wildman–Crippen LogP) is 6.65. The number of hydrogen-bond acceptors (Lipinski definition) is 4. The fourth-order valence-electron chi connectivity index (χ4n) is 8.01. The van der Waals surface area contributed by atoms with Gasteiger partial charge in [-0.25, -0.2) is 4.79 Å². The van der Waals surface area contributed by atoms with Crippen LogP contribution in [0.15, 0.2) is 42.0 Å². The fraction of sp³-hybridized carbons (Fsp3) is 0.455. The van der Waals surface area contributed by atoms with Gasteiger partial charge in [-0.15, -0.1) is 13.2 Å². The quantitative estimate of drug-likeness (QED) is 0.367. The second-order valence-electron chi connectivity index (χ2n) is 12.5. The minimum atomic E-state index is -4.91. The molecule has 1 aromatic heterocycles. The maximum Gasteiger partial charge on any atom is 0.573 e. The van der Waals surface area contributed by atoms with Gasteiger partial charge < -0.3 is 24.2 Å². The first-order valence-corrected chi connectivity index (χ1v) is 15.1. The number of nitrogens with zero attached hydrogens (tertiary/aromatic N) is 3. The molecule has 1 amide bonds. The Kier molecular flexibility index (Phi) is 6.80. The minimum absolute atomic E-state index is 0.0406. The molecule has 3 fully saturated rings. The number of fused-ring (bicyclic) bond motifs is 7. The first-order valence-electron chi connectivity index (χ1n) is 15.1. The highest BCUT2D eigenvalue weighted by Crippen LogP contribution is 2.48. The van der Waals surface area contributed by atoms with Gasteiger partial charge in [0.25, 0.3) is 5.91 Å². The number of carbonyl (C=O) groups excluding carboxylic acids is 1. The molecular formula is C33H34F3N3O4. The normalized spacial score (nSPS) is 22.6. The van der Waals surface area contributed by atoms with Crippen LogP contribution in [0.5, 0.6) is 5.75 Å². The maximum absolute atomic E-state index is 14.4. The zero-order chi connectivity index (χ0) is 30.0. The average molecular weight is 594 g/mol. The van der Waals surface area contributed by atoms with Crippen LogP contribution in [0.3, 0.4) is 0 Å². The molecule has 1 saturated carbocycles. The van der Waals surface area contributed by atoms with Crippen LogP contribution in [0.2, 0.25) is 0 Å². The number of carbonyl (C=O) groups is 2. The highest BCUT2D eigenvalue weighted by atomic mass is 19.4. The Balaban J connectivity index is 1.47. The second kappa shape index (κ2) is 10.4. The molecule has 4 heterocycles.